The number of thioether (sulfide) groups is 1. The van der Waals surface area contributed by atoms with Crippen molar-refractivity contribution in [2.75, 3.05) is 12.3 Å². The summed E-state index contributed by atoms with van der Waals surface area (Å²) in [5.41, 5.74) is 0. The van der Waals surface area contributed by atoms with Gasteiger partial charge in [0.2, 0.25) is 0 Å². The first kappa shape index (κ1) is 15.6. The standard InChI is InChI=1S/C16H27NS/c1-3-5-10-15(9-4-2)17-13-14-18-16-11-7-6-8-12-16/h6-8,11-12,15,17H,3-5,9-10,13-14H2,1-2H3. The van der Waals surface area contributed by atoms with E-state index in [0.717, 1.165) is 18.3 Å². The number of unbranched alkanes of at least 4 members (excludes halogenated alkanes) is 1. The molecule has 0 amide bonds. The summed E-state index contributed by atoms with van der Waals surface area (Å²) in [6.07, 6.45) is 6.59. The maximum absolute atomic E-state index is 3.70. The quantitative estimate of drug-likeness (QED) is 0.485. The molecular weight excluding hydrogens is 238 g/mol. The molecule has 0 aromatic heterocycles. The van der Waals surface area contributed by atoms with Crippen molar-refractivity contribution in [2.24, 2.45) is 0 Å². The lowest BCUT2D eigenvalue weighted by molar-refractivity contribution is 0.446. The summed E-state index contributed by atoms with van der Waals surface area (Å²) in [4.78, 5) is 1.37. The minimum Gasteiger partial charge on any atom is -0.313 e. The predicted molar refractivity (Wildman–Crippen MR) is 83.4 cm³/mol. The Morgan fingerprint density at radius 2 is 1.83 bits per heavy atom. The van der Waals surface area contributed by atoms with E-state index < -0.39 is 0 Å². The Balaban J connectivity index is 2.14. The van der Waals surface area contributed by atoms with Crippen LogP contribution in [0.3, 0.4) is 0 Å². The van der Waals surface area contributed by atoms with Crippen LogP contribution >= 0.6 is 11.8 Å². The van der Waals surface area contributed by atoms with Crippen molar-refractivity contribution in [3.8, 4) is 0 Å². The lowest BCUT2D eigenvalue weighted by Gasteiger charge is -2.17. The van der Waals surface area contributed by atoms with E-state index in [-0.39, 0.29) is 0 Å². The normalized spacial score (nSPS) is 12.6. The summed E-state index contributed by atoms with van der Waals surface area (Å²) in [6, 6.07) is 11.4. The molecule has 1 unspecified atom stereocenters. The van der Waals surface area contributed by atoms with Gasteiger partial charge in [0.1, 0.15) is 0 Å². The second kappa shape index (κ2) is 10.5. The summed E-state index contributed by atoms with van der Waals surface area (Å²) in [5, 5.41) is 3.70. The molecular formula is C16H27NS. The second-order valence-electron chi connectivity index (χ2n) is 4.74. The third kappa shape index (κ3) is 7.07. The number of nitrogens with one attached hydrogen (secondary N) is 1. The highest BCUT2D eigenvalue weighted by molar-refractivity contribution is 7.99. The first-order chi connectivity index (χ1) is 8.86. The molecule has 0 aliphatic rings. The first-order valence-electron chi connectivity index (χ1n) is 7.28. The molecule has 0 bridgehead atoms. The molecule has 0 saturated heterocycles. The third-order valence-electron chi connectivity index (χ3n) is 3.09. The van der Waals surface area contributed by atoms with E-state index in [2.05, 4.69) is 49.5 Å². The van der Waals surface area contributed by atoms with E-state index in [9.17, 15) is 0 Å². The van der Waals surface area contributed by atoms with Crippen LogP contribution in [0.1, 0.15) is 46.0 Å². The van der Waals surface area contributed by atoms with Crippen LogP contribution < -0.4 is 5.32 Å². The van der Waals surface area contributed by atoms with Gasteiger partial charge in [-0.1, -0.05) is 51.3 Å². The number of benzene rings is 1. The van der Waals surface area contributed by atoms with Gasteiger partial charge < -0.3 is 5.32 Å². The molecule has 0 heterocycles. The molecule has 1 atom stereocenters. The van der Waals surface area contributed by atoms with E-state index in [1.54, 1.807) is 0 Å². The van der Waals surface area contributed by atoms with Crippen LogP contribution in [0.25, 0.3) is 0 Å². The van der Waals surface area contributed by atoms with Gasteiger partial charge in [0.05, 0.1) is 0 Å². The molecule has 0 aliphatic heterocycles. The Labute approximate surface area is 117 Å². The van der Waals surface area contributed by atoms with Crippen molar-refractivity contribution in [2.45, 2.75) is 56.9 Å². The topological polar surface area (TPSA) is 12.0 Å². The lowest BCUT2D eigenvalue weighted by Crippen LogP contribution is -2.30. The zero-order chi connectivity index (χ0) is 13.1. The fourth-order valence-corrected chi connectivity index (χ4v) is 2.90. The van der Waals surface area contributed by atoms with Gasteiger partial charge in [0, 0.05) is 23.2 Å². The second-order valence-corrected chi connectivity index (χ2v) is 5.91. The summed E-state index contributed by atoms with van der Waals surface area (Å²) >= 11 is 1.94. The van der Waals surface area contributed by atoms with Crippen LogP contribution in [-0.4, -0.2) is 18.3 Å². The van der Waals surface area contributed by atoms with Gasteiger partial charge in [-0.2, -0.15) is 0 Å². The molecule has 102 valence electrons. The Morgan fingerprint density at radius 3 is 2.50 bits per heavy atom. The Kier molecular flexibility index (Phi) is 9.05. The van der Waals surface area contributed by atoms with Crippen LogP contribution in [0.5, 0.6) is 0 Å². The zero-order valence-corrected chi connectivity index (χ0v) is 12.6. The van der Waals surface area contributed by atoms with E-state index in [0.29, 0.717) is 0 Å². The van der Waals surface area contributed by atoms with E-state index in [1.165, 1.54) is 37.0 Å². The molecule has 1 aromatic rings. The zero-order valence-electron chi connectivity index (χ0n) is 11.8. The van der Waals surface area contributed by atoms with Crippen LogP contribution in [0, 0.1) is 0 Å². The molecule has 1 rings (SSSR count). The summed E-state index contributed by atoms with van der Waals surface area (Å²) in [7, 11) is 0. The van der Waals surface area contributed by atoms with Gasteiger partial charge in [0.25, 0.3) is 0 Å². The fourth-order valence-electron chi connectivity index (χ4n) is 2.10. The molecule has 0 fully saturated rings. The average molecular weight is 265 g/mol. The summed E-state index contributed by atoms with van der Waals surface area (Å²) in [5.74, 6) is 1.16. The van der Waals surface area contributed by atoms with E-state index in [1.807, 2.05) is 11.8 Å². The van der Waals surface area contributed by atoms with Gasteiger partial charge in [-0.25, -0.2) is 0 Å². The molecule has 0 saturated carbocycles. The van der Waals surface area contributed by atoms with E-state index in [4.69, 9.17) is 0 Å². The number of hydrogen-bond acceptors (Lipinski definition) is 2. The predicted octanol–water partition coefficient (Wildman–Crippen LogP) is 4.73. The molecule has 1 nitrogen and oxygen atoms in total. The minimum atomic E-state index is 0.728. The van der Waals surface area contributed by atoms with Crippen LogP contribution in [-0.2, 0) is 0 Å². The van der Waals surface area contributed by atoms with Gasteiger partial charge in [0.15, 0.2) is 0 Å². The van der Waals surface area contributed by atoms with Crippen molar-refractivity contribution >= 4 is 11.8 Å². The highest BCUT2D eigenvalue weighted by atomic mass is 32.2. The third-order valence-corrected chi connectivity index (χ3v) is 4.10. The maximum atomic E-state index is 3.70. The molecule has 1 aromatic carbocycles. The van der Waals surface area contributed by atoms with Crippen molar-refractivity contribution in [1.29, 1.82) is 0 Å². The number of rotatable bonds is 10. The Morgan fingerprint density at radius 1 is 1.06 bits per heavy atom. The molecule has 0 spiro atoms. The smallest absolute Gasteiger partial charge is 0.0106 e. The van der Waals surface area contributed by atoms with Crippen LogP contribution in [0.4, 0.5) is 0 Å². The fraction of sp³-hybridized carbons (Fsp3) is 0.625. The maximum Gasteiger partial charge on any atom is 0.0106 e. The highest BCUT2D eigenvalue weighted by Gasteiger charge is 2.05. The minimum absolute atomic E-state index is 0.728. The Hall–Kier alpha value is -0.470. The van der Waals surface area contributed by atoms with Gasteiger partial charge in [-0.3, -0.25) is 0 Å². The van der Waals surface area contributed by atoms with Gasteiger partial charge >= 0.3 is 0 Å². The summed E-state index contributed by atoms with van der Waals surface area (Å²) < 4.78 is 0. The highest BCUT2D eigenvalue weighted by Crippen LogP contribution is 2.16. The van der Waals surface area contributed by atoms with Crippen molar-refractivity contribution < 1.29 is 0 Å². The van der Waals surface area contributed by atoms with Crippen LogP contribution in [0.2, 0.25) is 0 Å². The molecule has 0 radical (unpaired) electrons. The summed E-state index contributed by atoms with van der Waals surface area (Å²) in [6.45, 7) is 5.67. The van der Waals surface area contributed by atoms with Crippen LogP contribution in [0.15, 0.2) is 35.2 Å². The monoisotopic (exact) mass is 265 g/mol. The van der Waals surface area contributed by atoms with Crippen molar-refractivity contribution in [3.05, 3.63) is 30.3 Å². The van der Waals surface area contributed by atoms with Gasteiger partial charge in [-0.05, 0) is 25.0 Å². The van der Waals surface area contributed by atoms with E-state index >= 15 is 0 Å². The first-order valence-corrected chi connectivity index (χ1v) is 8.26. The Bertz CT molecular complexity index is 286. The molecule has 18 heavy (non-hydrogen) atoms. The lowest BCUT2D eigenvalue weighted by atomic mass is 10.1. The van der Waals surface area contributed by atoms with Crippen molar-refractivity contribution in [3.63, 3.8) is 0 Å². The van der Waals surface area contributed by atoms with Gasteiger partial charge in [-0.15, -0.1) is 11.8 Å². The largest absolute Gasteiger partial charge is 0.313 e. The SMILES string of the molecule is CCCCC(CCC)NCCSc1ccccc1. The molecule has 0 aliphatic carbocycles. The molecule has 1 N–H and O–H groups in total. The van der Waals surface area contributed by atoms with Crippen molar-refractivity contribution in [1.82, 2.24) is 5.32 Å². The average Bonchev–Trinajstić information content (AvgIpc) is 2.42. The number of hydrogen-bond donors (Lipinski definition) is 1. The molecule has 2 heteroatoms.